The van der Waals surface area contributed by atoms with Gasteiger partial charge in [-0.05, 0) is 39.7 Å². The van der Waals surface area contributed by atoms with Crippen molar-refractivity contribution in [1.82, 2.24) is 14.4 Å². The highest BCUT2D eigenvalue weighted by Crippen LogP contribution is 2.45. The van der Waals surface area contributed by atoms with Crippen molar-refractivity contribution < 1.29 is 0 Å². The van der Waals surface area contributed by atoms with Crippen molar-refractivity contribution in [1.29, 1.82) is 0 Å². The third kappa shape index (κ3) is 3.11. The van der Waals surface area contributed by atoms with Gasteiger partial charge < -0.3 is 4.40 Å². The van der Waals surface area contributed by atoms with Crippen molar-refractivity contribution in [3.63, 3.8) is 0 Å². The van der Waals surface area contributed by atoms with Gasteiger partial charge in [-0.15, -0.1) is 11.3 Å². The number of para-hydroxylation sites is 2. The van der Waals surface area contributed by atoms with Crippen LogP contribution in [-0.4, -0.2) is 14.4 Å². The van der Waals surface area contributed by atoms with Gasteiger partial charge in [-0.3, -0.25) is 0 Å². The molecular formula is C42H23N3S. The van der Waals surface area contributed by atoms with Crippen LogP contribution in [0.3, 0.4) is 0 Å². The van der Waals surface area contributed by atoms with Crippen molar-refractivity contribution in [2.24, 2.45) is 0 Å². The molecule has 11 rings (SSSR count). The molecule has 11 aromatic rings. The Bertz CT molecular complexity index is 3030. The number of hydrogen-bond acceptors (Lipinski definition) is 3. The fraction of sp³-hybridized carbons (Fsp3) is 0. The summed E-state index contributed by atoms with van der Waals surface area (Å²) >= 11 is 1.78. The first-order valence-corrected chi connectivity index (χ1v) is 16.4. The van der Waals surface area contributed by atoms with Crippen LogP contribution in [0, 0.1) is 0 Å². The minimum absolute atomic E-state index is 0.747. The first-order valence-electron chi connectivity index (χ1n) is 15.6. The highest BCUT2D eigenvalue weighted by atomic mass is 32.1. The lowest BCUT2D eigenvalue weighted by Gasteiger charge is -2.14. The number of benzene rings is 7. The summed E-state index contributed by atoms with van der Waals surface area (Å²) in [6.07, 6.45) is 0. The van der Waals surface area contributed by atoms with E-state index in [2.05, 4.69) is 144 Å². The molecule has 0 aliphatic heterocycles. The Kier molecular flexibility index (Phi) is 4.72. The quantitative estimate of drug-likeness (QED) is 0.146. The summed E-state index contributed by atoms with van der Waals surface area (Å²) in [7, 11) is 0. The standard InChI is InChI=1S/C42H23N3S/c1-2-13-26-24(10-1)11-7-17-29(26)37-41-38(32-15-4-6-21-35(32)46-41)44-42(43-37)33-19-9-18-30-31-23-22-25-12-8-16-28-27-14-3-5-20-34(27)45(39(30)33)40(31)36(25)28/h1-23H. The maximum absolute atomic E-state index is 5.50. The average Bonchev–Trinajstić information content (AvgIpc) is 3.67. The van der Waals surface area contributed by atoms with E-state index in [0.717, 1.165) is 38.4 Å². The van der Waals surface area contributed by atoms with Gasteiger partial charge in [-0.2, -0.15) is 0 Å². The van der Waals surface area contributed by atoms with Crippen LogP contribution in [0.25, 0.3) is 103 Å². The smallest absolute Gasteiger partial charge is 0.162 e. The molecule has 0 saturated carbocycles. The first kappa shape index (κ1) is 24.5. The molecule has 0 N–H and O–H groups in total. The summed E-state index contributed by atoms with van der Waals surface area (Å²) in [6.45, 7) is 0. The molecule has 4 aromatic heterocycles. The molecule has 4 heterocycles. The second kappa shape index (κ2) is 8.87. The van der Waals surface area contributed by atoms with Gasteiger partial charge in [0.15, 0.2) is 5.82 Å². The van der Waals surface area contributed by atoms with E-state index in [4.69, 9.17) is 9.97 Å². The van der Waals surface area contributed by atoms with E-state index in [1.807, 2.05) is 0 Å². The van der Waals surface area contributed by atoms with Gasteiger partial charge in [0.05, 0.1) is 32.5 Å². The third-order valence-electron chi connectivity index (χ3n) is 9.73. The SMILES string of the molecule is c1ccc2c(-c3nc(-c4cccc5c6ccc7cccc8c9ccccc9n(c45)c6c78)nc4c3sc3ccccc34)cccc2c1. The number of hydrogen-bond donors (Lipinski definition) is 0. The molecule has 0 radical (unpaired) electrons. The summed E-state index contributed by atoms with van der Waals surface area (Å²) < 4.78 is 4.82. The summed E-state index contributed by atoms with van der Waals surface area (Å²) in [5.74, 6) is 0.747. The summed E-state index contributed by atoms with van der Waals surface area (Å²) in [4.78, 5) is 10.9. The summed E-state index contributed by atoms with van der Waals surface area (Å²) in [5, 5.41) is 11.1. The molecule has 4 heteroatoms. The zero-order valence-electron chi connectivity index (χ0n) is 24.5. The normalized spacial score (nSPS) is 12.3. The summed E-state index contributed by atoms with van der Waals surface area (Å²) in [5.41, 5.74) is 7.76. The molecule has 0 bridgehead atoms. The predicted octanol–water partition coefficient (Wildman–Crippen LogP) is 11.6. The fourth-order valence-electron chi connectivity index (χ4n) is 7.79. The zero-order valence-corrected chi connectivity index (χ0v) is 25.3. The van der Waals surface area contributed by atoms with Crippen LogP contribution in [0.2, 0.25) is 0 Å². The number of aromatic nitrogens is 3. The molecule has 212 valence electrons. The van der Waals surface area contributed by atoms with Gasteiger partial charge in [-0.25, -0.2) is 9.97 Å². The molecule has 0 unspecified atom stereocenters. The third-order valence-corrected chi connectivity index (χ3v) is 10.9. The van der Waals surface area contributed by atoms with E-state index in [9.17, 15) is 0 Å². The number of thiophene rings is 1. The second-order valence-corrected chi connectivity index (χ2v) is 13.2. The van der Waals surface area contributed by atoms with Crippen LogP contribution in [0.4, 0.5) is 0 Å². The van der Waals surface area contributed by atoms with Crippen LogP contribution >= 0.6 is 11.3 Å². The molecular weight excluding hydrogens is 579 g/mol. The Morgan fingerprint density at radius 2 is 1.13 bits per heavy atom. The van der Waals surface area contributed by atoms with E-state index in [0.29, 0.717) is 0 Å². The number of nitrogens with zero attached hydrogens (tertiary/aromatic N) is 3. The Labute approximate surface area is 266 Å². The lowest BCUT2D eigenvalue weighted by molar-refractivity contribution is 1.24. The Balaban J connectivity index is 1.34. The molecule has 0 atom stereocenters. The molecule has 3 nitrogen and oxygen atoms in total. The molecule has 0 aliphatic rings. The first-order chi connectivity index (χ1) is 22.8. The van der Waals surface area contributed by atoms with E-state index in [1.54, 1.807) is 11.3 Å². The molecule has 0 amide bonds. The van der Waals surface area contributed by atoms with Crippen LogP contribution in [0.15, 0.2) is 140 Å². The molecule has 0 spiro atoms. The van der Waals surface area contributed by atoms with Gasteiger partial charge in [0.1, 0.15) is 0 Å². The van der Waals surface area contributed by atoms with Crippen molar-refractivity contribution in [2.75, 3.05) is 0 Å². The lowest BCUT2D eigenvalue weighted by atomic mass is 9.99. The number of fused-ring (bicyclic) bond motifs is 10. The minimum Gasteiger partial charge on any atom is -0.307 e. The highest BCUT2D eigenvalue weighted by molar-refractivity contribution is 7.26. The Hall–Kier alpha value is -5.84. The highest BCUT2D eigenvalue weighted by Gasteiger charge is 2.23. The van der Waals surface area contributed by atoms with Crippen LogP contribution < -0.4 is 0 Å². The van der Waals surface area contributed by atoms with Crippen molar-refractivity contribution in [3.8, 4) is 22.6 Å². The maximum atomic E-state index is 5.50. The Morgan fingerprint density at radius 1 is 0.457 bits per heavy atom. The summed E-state index contributed by atoms with van der Waals surface area (Å²) in [6, 6.07) is 50.3. The van der Waals surface area contributed by atoms with Gasteiger partial charge in [0.25, 0.3) is 0 Å². The number of pyridine rings is 1. The molecule has 46 heavy (non-hydrogen) atoms. The van der Waals surface area contributed by atoms with Gasteiger partial charge in [-0.1, -0.05) is 121 Å². The molecule has 0 saturated heterocycles. The molecule has 0 aliphatic carbocycles. The second-order valence-electron chi connectivity index (χ2n) is 12.1. The van der Waals surface area contributed by atoms with E-state index < -0.39 is 0 Å². The maximum Gasteiger partial charge on any atom is 0.162 e. The van der Waals surface area contributed by atoms with Crippen LogP contribution in [-0.2, 0) is 0 Å². The van der Waals surface area contributed by atoms with Crippen molar-refractivity contribution >= 4 is 91.3 Å². The minimum atomic E-state index is 0.747. The fourth-order valence-corrected chi connectivity index (χ4v) is 8.94. The Morgan fingerprint density at radius 3 is 2.09 bits per heavy atom. The zero-order chi connectivity index (χ0) is 29.9. The topological polar surface area (TPSA) is 30.2 Å². The van der Waals surface area contributed by atoms with Gasteiger partial charge in [0, 0.05) is 42.8 Å². The van der Waals surface area contributed by atoms with E-state index in [-0.39, 0.29) is 0 Å². The average molecular weight is 602 g/mol. The van der Waals surface area contributed by atoms with E-state index in [1.165, 1.54) is 64.2 Å². The predicted molar refractivity (Wildman–Crippen MR) is 195 cm³/mol. The van der Waals surface area contributed by atoms with Gasteiger partial charge in [0.2, 0.25) is 0 Å². The number of rotatable bonds is 2. The van der Waals surface area contributed by atoms with Gasteiger partial charge >= 0.3 is 0 Å². The molecule has 0 fully saturated rings. The largest absolute Gasteiger partial charge is 0.307 e. The van der Waals surface area contributed by atoms with Crippen LogP contribution in [0.1, 0.15) is 0 Å². The van der Waals surface area contributed by atoms with Crippen molar-refractivity contribution in [3.05, 3.63) is 140 Å². The van der Waals surface area contributed by atoms with Crippen molar-refractivity contribution in [2.45, 2.75) is 0 Å². The van der Waals surface area contributed by atoms with E-state index >= 15 is 0 Å². The monoisotopic (exact) mass is 601 g/mol. The lowest BCUT2D eigenvalue weighted by Crippen LogP contribution is -1.97. The molecule has 7 aromatic carbocycles. The van der Waals surface area contributed by atoms with Crippen LogP contribution in [0.5, 0.6) is 0 Å².